The van der Waals surface area contributed by atoms with Crippen molar-refractivity contribution in [2.24, 2.45) is 0 Å². The molecule has 4 aromatic rings. The maximum absolute atomic E-state index is 13.7. The summed E-state index contributed by atoms with van der Waals surface area (Å²) in [6, 6.07) is 29.6. The second kappa shape index (κ2) is 11.7. The Morgan fingerprint density at radius 3 is 2.13 bits per heavy atom. The van der Waals surface area contributed by atoms with Gasteiger partial charge in [-0.25, -0.2) is 8.42 Å². The van der Waals surface area contributed by atoms with E-state index in [-0.39, 0.29) is 16.4 Å². The van der Waals surface area contributed by atoms with Gasteiger partial charge in [-0.15, -0.1) is 0 Å². The van der Waals surface area contributed by atoms with E-state index in [1.807, 2.05) is 49.4 Å². The minimum Gasteiger partial charge on any atom is -0.348 e. The Kier molecular flexibility index (Phi) is 8.23. The first-order chi connectivity index (χ1) is 18.3. The van der Waals surface area contributed by atoms with Crippen molar-refractivity contribution in [3.05, 3.63) is 125 Å². The predicted octanol–water partition coefficient (Wildman–Crippen LogP) is 5.07. The molecule has 0 heterocycles. The first-order valence-corrected chi connectivity index (χ1v) is 13.6. The lowest BCUT2D eigenvalue weighted by Gasteiger charge is -2.26. The molecule has 7 nitrogen and oxygen atoms in total. The standard InChI is InChI=1S/C30H29N3O4S/c1-22-17-18-23(2)28(19-22)33(38(36,37)25-13-7-4-8-14-25)21-29(34)32-27-16-10-9-15-26(27)30(35)31-20-24-11-5-3-6-12-24/h3-19H,20-21H2,1-2H3,(H,31,35)(H,32,34). The van der Waals surface area contributed by atoms with Crippen molar-refractivity contribution >= 4 is 33.2 Å². The van der Waals surface area contributed by atoms with Gasteiger partial charge in [0, 0.05) is 6.54 Å². The molecular weight excluding hydrogens is 498 g/mol. The van der Waals surface area contributed by atoms with Crippen LogP contribution in [0.5, 0.6) is 0 Å². The van der Waals surface area contributed by atoms with Gasteiger partial charge in [0.1, 0.15) is 6.54 Å². The van der Waals surface area contributed by atoms with Gasteiger partial charge in [0.25, 0.3) is 15.9 Å². The van der Waals surface area contributed by atoms with E-state index in [1.165, 1.54) is 12.1 Å². The van der Waals surface area contributed by atoms with Gasteiger partial charge < -0.3 is 10.6 Å². The molecule has 38 heavy (non-hydrogen) atoms. The number of hydrogen-bond acceptors (Lipinski definition) is 4. The van der Waals surface area contributed by atoms with Gasteiger partial charge in [-0.2, -0.15) is 0 Å². The Hall–Kier alpha value is -4.43. The quantitative estimate of drug-likeness (QED) is 0.318. The number of aryl methyl sites for hydroxylation is 2. The number of carbonyl (C=O) groups is 2. The van der Waals surface area contributed by atoms with Crippen molar-refractivity contribution in [3.63, 3.8) is 0 Å². The summed E-state index contributed by atoms with van der Waals surface area (Å²) in [6.45, 7) is 3.52. The normalized spacial score (nSPS) is 11.0. The first-order valence-electron chi connectivity index (χ1n) is 12.1. The number of benzene rings is 4. The molecule has 4 aromatic carbocycles. The number of para-hydroxylation sites is 1. The Labute approximate surface area is 223 Å². The highest BCUT2D eigenvalue weighted by atomic mass is 32.2. The topological polar surface area (TPSA) is 95.6 Å². The summed E-state index contributed by atoms with van der Waals surface area (Å²) in [5, 5.41) is 5.60. The summed E-state index contributed by atoms with van der Waals surface area (Å²) in [7, 11) is -4.05. The van der Waals surface area contributed by atoms with E-state index in [1.54, 1.807) is 55.5 Å². The molecule has 0 bridgehead atoms. The average Bonchev–Trinajstić information content (AvgIpc) is 2.93. The van der Waals surface area contributed by atoms with Crippen LogP contribution < -0.4 is 14.9 Å². The maximum atomic E-state index is 13.7. The van der Waals surface area contributed by atoms with E-state index >= 15 is 0 Å². The minimum atomic E-state index is -4.05. The molecular formula is C30H29N3O4S. The van der Waals surface area contributed by atoms with Crippen molar-refractivity contribution in [3.8, 4) is 0 Å². The van der Waals surface area contributed by atoms with Crippen LogP contribution in [0.2, 0.25) is 0 Å². The highest BCUT2D eigenvalue weighted by molar-refractivity contribution is 7.92. The van der Waals surface area contributed by atoms with Gasteiger partial charge in [0.2, 0.25) is 5.91 Å². The van der Waals surface area contributed by atoms with Crippen LogP contribution in [0.15, 0.2) is 108 Å². The highest BCUT2D eigenvalue weighted by Crippen LogP contribution is 2.28. The lowest BCUT2D eigenvalue weighted by atomic mass is 10.1. The van der Waals surface area contributed by atoms with Gasteiger partial charge in [-0.3, -0.25) is 13.9 Å². The Morgan fingerprint density at radius 2 is 1.42 bits per heavy atom. The molecule has 4 rings (SSSR count). The van der Waals surface area contributed by atoms with Crippen molar-refractivity contribution < 1.29 is 18.0 Å². The van der Waals surface area contributed by atoms with Gasteiger partial charge in [0.15, 0.2) is 0 Å². The van der Waals surface area contributed by atoms with E-state index in [0.717, 1.165) is 15.4 Å². The highest BCUT2D eigenvalue weighted by Gasteiger charge is 2.28. The fourth-order valence-electron chi connectivity index (χ4n) is 3.99. The molecule has 0 aromatic heterocycles. The zero-order valence-corrected chi connectivity index (χ0v) is 22.0. The van der Waals surface area contributed by atoms with Crippen LogP contribution in [0.3, 0.4) is 0 Å². The van der Waals surface area contributed by atoms with E-state index in [4.69, 9.17) is 0 Å². The molecule has 0 fully saturated rings. The molecule has 0 aliphatic carbocycles. The zero-order chi connectivity index (χ0) is 27.1. The van der Waals surface area contributed by atoms with Crippen molar-refractivity contribution in [1.29, 1.82) is 0 Å². The number of carbonyl (C=O) groups excluding carboxylic acids is 2. The molecule has 0 saturated carbocycles. The summed E-state index contributed by atoms with van der Waals surface area (Å²) in [4.78, 5) is 26.3. The van der Waals surface area contributed by atoms with Crippen molar-refractivity contribution in [1.82, 2.24) is 5.32 Å². The second-order valence-corrected chi connectivity index (χ2v) is 10.7. The van der Waals surface area contributed by atoms with Gasteiger partial charge >= 0.3 is 0 Å². The number of nitrogens with one attached hydrogen (secondary N) is 2. The van der Waals surface area contributed by atoms with Crippen LogP contribution >= 0.6 is 0 Å². The van der Waals surface area contributed by atoms with Crippen LogP contribution in [-0.4, -0.2) is 26.8 Å². The zero-order valence-electron chi connectivity index (χ0n) is 21.2. The number of sulfonamides is 1. The van der Waals surface area contributed by atoms with Crippen molar-refractivity contribution in [2.45, 2.75) is 25.3 Å². The summed E-state index contributed by atoms with van der Waals surface area (Å²) in [5.41, 5.74) is 3.50. The Bertz CT molecular complexity index is 1540. The molecule has 2 amide bonds. The van der Waals surface area contributed by atoms with E-state index in [0.29, 0.717) is 23.5 Å². The first kappa shape index (κ1) is 26.6. The van der Waals surface area contributed by atoms with Crippen LogP contribution in [0, 0.1) is 13.8 Å². The second-order valence-electron chi connectivity index (χ2n) is 8.88. The third kappa shape index (κ3) is 6.27. The van der Waals surface area contributed by atoms with E-state index in [2.05, 4.69) is 10.6 Å². The average molecular weight is 528 g/mol. The van der Waals surface area contributed by atoms with Crippen LogP contribution in [0.1, 0.15) is 27.0 Å². The molecule has 0 atom stereocenters. The molecule has 0 spiro atoms. The SMILES string of the molecule is Cc1ccc(C)c(N(CC(=O)Nc2ccccc2C(=O)NCc2ccccc2)S(=O)(=O)c2ccccc2)c1. The fourth-order valence-corrected chi connectivity index (χ4v) is 5.49. The Balaban J connectivity index is 1.59. The van der Waals surface area contributed by atoms with Crippen molar-refractivity contribution in [2.75, 3.05) is 16.2 Å². The van der Waals surface area contributed by atoms with E-state index in [9.17, 15) is 18.0 Å². The van der Waals surface area contributed by atoms with Crippen LogP contribution in [0.4, 0.5) is 11.4 Å². The molecule has 0 unspecified atom stereocenters. The van der Waals surface area contributed by atoms with Gasteiger partial charge in [0.05, 0.1) is 21.8 Å². The Morgan fingerprint density at radius 1 is 0.789 bits per heavy atom. The number of nitrogens with zero attached hydrogens (tertiary/aromatic N) is 1. The smallest absolute Gasteiger partial charge is 0.264 e. The molecule has 2 N–H and O–H groups in total. The molecule has 0 radical (unpaired) electrons. The molecule has 8 heteroatoms. The number of amides is 2. The summed E-state index contributed by atoms with van der Waals surface area (Å²) in [5.74, 6) is -0.929. The maximum Gasteiger partial charge on any atom is 0.264 e. The van der Waals surface area contributed by atoms with Gasteiger partial charge in [-0.05, 0) is 60.9 Å². The largest absolute Gasteiger partial charge is 0.348 e. The lowest BCUT2D eigenvalue weighted by molar-refractivity contribution is -0.114. The third-order valence-corrected chi connectivity index (χ3v) is 7.77. The number of hydrogen-bond donors (Lipinski definition) is 2. The minimum absolute atomic E-state index is 0.0781. The van der Waals surface area contributed by atoms with E-state index < -0.39 is 22.5 Å². The fraction of sp³-hybridized carbons (Fsp3) is 0.133. The summed E-state index contributed by atoms with van der Waals surface area (Å²) < 4.78 is 28.4. The number of anilines is 2. The predicted molar refractivity (Wildman–Crippen MR) is 150 cm³/mol. The number of rotatable bonds is 9. The molecule has 0 saturated heterocycles. The van der Waals surface area contributed by atoms with Crippen LogP contribution in [0.25, 0.3) is 0 Å². The third-order valence-electron chi connectivity index (χ3n) is 5.99. The molecule has 0 aliphatic rings. The van der Waals surface area contributed by atoms with Crippen LogP contribution in [-0.2, 0) is 21.4 Å². The molecule has 194 valence electrons. The summed E-state index contributed by atoms with van der Waals surface area (Å²) >= 11 is 0. The summed E-state index contributed by atoms with van der Waals surface area (Å²) in [6.07, 6.45) is 0. The monoisotopic (exact) mass is 527 g/mol. The molecule has 0 aliphatic heterocycles. The lowest BCUT2D eigenvalue weighted by Crippen LogP contribution is -2.39. The van der Waals surface area contributed by atoms with Gasteiger partial charge in [-0.1, -0.05) is 72.8 Å².